The SMILES string of the molecule is O=C(c1ccc2c(c1)OCO2)N1CCCN(C(=O)C(c2ccccc2)c2ccccc2)CC1. The van der Waals surface area contributed by atoms with Gasteiger partial charge in [-0.05, 0) is 35.7 Å². The van der Waals surface area contributed by atoms with E-state index in [9.17, 15) is 9.59 Å². The molecule has 0 saturated carbocycles. The molecule has 1 fully saturated rings. The second-order valence-electron chi connectivity index (χ2n) is 8.29. The average Bonchev–Trinajstić information content (AvgIpc) is 3.20. The van der Waals surface area contributed by atoms with Gasteiger partial charge in [0.1, 0.15) is 0 Å². The summed E-state index contributed by atoms with van der Waals surface area (Å²) in [5.41, 5.74) is 2.53. The highest BCUT2D eigenvalue weighted by molar-refractivity contribution is 5.95. The molecule has 6 heteroatoms. The Morgan fingerprint density at radius 2 is 1.30 bits per heavy atom. The molecular formula is C27H26N2O4. The molecule has 0 unspecified atom stereocenters. The normalized spacial score (nSPS) is 15.4. The monoisotopic (exact) mass is 442 g/mol. The third-order valence-electron chi connectivity index (χ3n) is 6.23. The molecule has 0 aliphatic carbocycles. The van der Waals surface area contributed by atoms with Crippen molar-refractivity contribution in [2.75, 3.05) is 33.0 Å². The lowest BCUT2D eigenvalue weighted by Gasteiger charge is -2.27. The molecule has 168 valence electrons. The topological polar surface area (TPSA) is 59.1 Å². The largest absolute Gasteiger partial charge is 0.454 e. The zero-order chi connectivity index (χ0) is 22.6. The van der Waals surface area contributed by atoms with Gasteiger partial charge in [0.25, 0.3) is 5.91 Å². The lowest BCUT2D eigenvalue weighted by molar-refractivity contribution is -0.131. The van der Waals surface area contributed by atoms with E-state index in [1.165, 1.54) is 0 Å². The van der Waals surface area contributed by atoms with E-state index in [-0.39, 0.29) is 24.5 Å². The van der Waals surface area contributed by atoms with E-state index >= 15 is 0 Å². The number of amides is 2. The zero-order valence-electron chi connectivity index (χ0n) is 18.4. The van der Waals surface area contributed by atoms with Crippen LogP contribution in [0.3, 0.4) is 0 Å². The van der Waals surface area contributed by atoms with Gasteiger partial charge in [-0.25, -0.2) is 0 Å². The zero-order valence-corrected chi connectivity index (χ0v) is 18.4. The lowest BCUT2D eigenvalue weighted by Crippen LogP contribution is -2.39. The Hall–Kier alpha value is -3.80. The molecule has 2 aliphatic rings. The van der Waals surface area contributed by atoms with E-state index in [4.69, 9.17) is 9.47 Å². The molecule has 0 N–H and O–H groups in total. The van der Waals surface area contributed by atoms with Crippen molar-refractivity contribution in [1.82, 2.24) is 9.80 Å². The molecule has 0 radical (unpaired) electrons. The fourth-order valence-electron chi connectivity index (χ4n) is 4.50. The van der Waals surface area contributed by atoms with Crippen LogP contribution in [0.25, 0.3) is 0 Å². The van der Waals surface area contributed by atoms with Crippen molar-refractivity contribution in [1.29, 1.82) is 0 Å². The van der Waals surface area contributed by atoms with E-state index in [0.717, 1.165) is 17.5 Å². The van der Waals surface area contributed by atoms with Gasteiger partial charge < -0.3 is 19.3 Å². The first-order valence-electron chi connectivity index (χ1n) is 11.3. The van der Waals surface area contributed by atoms with Crippen LogP contribution in [0.5, 0.6) is 11.5 Å². The van der Waals surface area contributed by atoms with Gasteiger partial charge in [0.15, 0.2) is 11.5 Å². The minimum absolute atomic E-state index is 0.0507. The fraction of sp³-hybridized carbons (Fsp3) is 0.259. The number of carbonyl (C=O) groups is 2. The maximum absolute atomic E-state index is 13.7. The Balaban J connectivity index is 1.32. The Morgan fingerprint density at radius 3 is 2.00 bits per heavy atom. The molecule has 0 atom stereocenters. The number of rotatable bonds is 4. The second-order valence-corrected chi connectivity index (χ2v) is 8.29. The molecule has 0 aromatic heterocycles. The number of hydrogen-bond donors (Lipinski definition) is 0. The van der Waals surface area contributed by atoms with Crippen LogP contribution in [-0.2, 0) is 4.79 Å². The van der Waals surface area contributed by atoms with E-state index in [0.29, 0.717) is 43.2 Å². The molecule has 0 bridgehead atoms. The summed E-state index contributed by atoms with van der Waals surface area (Å²) in [5, 5.41) is 0. The summed E-state index contributed by atoms with van der Waals surface area (Å²) in [6.45, 7) is 2.41. The molecule has 2 heterocycles. The van der Waals surface area contributed by atoms with Crippen LogP contribution in [-0.4, -0.2) is 54.6 Å². The Morgan fingerprint density at radius 1 is 0.697 bits per heavy atom. The minimum atomic E-state index is -0.358. The van der Waals surface area contributed by atoms with Crippen LogP contribution < -0.4 is 9.47 Å². The number of fused-ring (bicyclic) bond motifs is 1. The highest BCUT2D eigenvalue weighted by Gasteiger charge is 2.30. The molecule has 3 aromatic rings. The van der Waals surface area contributed by atoms with E-state index in [1.807, 2.05) is 70.5 Å². The number of hydrogen-bond acceptors (Lipinski definition) is 4. The minimum Gasteiger partial charge on any atom is -0.454 e. The predicted octanol–water partition coefficient (Wildman–Crippen LogP) is 3.92. The number of carbonyl (C=O) groups excluding carboxylic acids is 2. The molecular weight excluding hydrogens is 416 g/mol. The summed E-state index contributed by atoms with van der Waals surface area (Å²) in [4.78, 5) is 30.6. The van der Waals surface area contributed by atoms with Gasteiger partial charge in [-0.1, -0.05) is 60.7 Å². The summed E-state index contributed by atoms with van der Waals surface area (Å²) in [6, 6.07) is 25.1. The van der Waals surface area contributed by atoms with Crippen molar-refractivity contribution in [3.05, 3.63) is 95.6 Å². The van der Waals surface area contributed by atoms with Crippen molar-refractivity contribution >= 4 is 11.8 Å². The average molecular weight is 443 g/mol. The standard InChI is InChI=1S/C27H26N2O4/c30-26(22-12-13-23-24(18-22)33-19-32-23)28-14-7-15-29(17-16-28)27(31)25(20-8-3-1-4-9-20)21-10-5-2-6-11-21/h1-6,8-13,18,25H,7,14-17,19H2. The molecule has 1 saturated heterocycles. The van der Waals surface area contributed by atoms with Gasteiger partial charge in [-0.2, -0.15) is 0 Å². The Labute approximate surface area is 193 Å². The maximum Gasteiger partial charge on any atom is 0.254 e. The van der Waals surface area contributed by atoms with Crippen molar-refractivity contribution in [3.63, 3.8) is 0 Å². The van der Waals surface area contributed by atoms with Gasteiger partial charge in [0.2, 0.25) is 12.7 Å². The van der Waals surface area contributed by atoms with Crippen molar-refractivity contribution < 1.29 is 19.1 Å². The molecule has 2 amide bonds. The first-order valence-corrected chi connectivity index (χ1v) is 11.3. The van der Waals surface area contributed by atoms with Crippen LogP contribution in [0.4, 0.5) is 0 Å². The molecule has 2 aliphatic heterocycles. The highest BCUT2D eigenvalue weighted by Crippen LogP contribution is 2.33. The maximum atomic E-state index is 13.7. The number of benzene rings is 3. The summed E-state index contributed by atoms with van der Waals surface area (Å²) < 4.78 is 10.8. The van der Waals surface area contributed by atoms with E-state index < -0.39 is 0 Å². The van der Waals surface area contributed by atoms with Crippen LogP contribution in [0, 0.1) is 0 Å². The number of ether oxygens (including phenoxy) is 2. The fourth-order valence-corrected chi connectivity index (χ4v) is 4.50. The Bertz CT molecular complexity index is 1090. The van der Waals surface area contributed by atoms with Crippen LogP contribution >= 0.6 is 0 Å². The third kappa shape index (κ3) is 4.42. The summed E-state index contributed by atoms with van der Waals surface area (Å²) >= 11 is 0. The molecule has 5 rings (SSSR count). The van der Waals surface area contributed by atoms with Crippen LogP contribution in [0.2, 0.25) is 0 Å². The van der Waals surface area contributed by atoms with Gasteiger partial charge in [-0.15, -0.1) is 0 Å². The van der Waals surface area contributed by atoms with Crippen molar-refractivity contribution in [3.8, 4) is 11.5 Å². The van der Waals surface area contributed by atoms with E-state index in [2.05, 4.69) is 0 Å². The second kappa shape index (κ2) is 9.36. The summed E-state index contributed by atoms with van der Waals surface area (Å²) in [5.74, 6) is 0.923. The predicted molar refractivity (Wildman–Crippen MR) is 124 cm³/mol. The quantitative estimate of drug-likeness (QED) is 0.615. The third-order valence-corrected chi connectivity index (χ3v) is 6.23. The van der Waals surface area contributed by atoms with Gasteiger partial charge in [0, 0.05) is 31.7 Å². The van der Waals surface area contributed by atoms with Crippen molar-refractivity contribution in [2.24, 2.45) is 0 Å². The lowest BCUT2D eigenvalue weighted by atomic mass is 9.90. The van der Waals surface area contributed by atoms with Gasteiger partial charge in [-0.3, -0.25) is 9.59 Å². The first kappa shape index (κ1) is 21.1. The van der Waals surface area contributed by atoms with Gasteiger partial charge >= 0.3 is 0 Å². The van der Waals surface area contributed by atoms with Crippen LogP contribution in [0.15, 0.2) is 78.9 Å². The highest BCUT2D eigenvalue weighted by atomic mass is 16.7. The number of nitrogens with zero attached hydrogens (tertiary/aromatic N) is 2. The van der Waals surface area contributed by atoms with E-state index in [1.54, 1.807) is 18.2 Å². The Kier molecular flexibility index (Phi) is 5.98. The molecule has 33 heavy (non-hydrogen) atoms. The van der Waals surface area contributed by atoms with Crippen LogP contribution in [0.1, 0.15) is 33.8 Å². The van der Waals surface area contributed by atoms with Gasteiger partial charge in [0.05, 0.1) is 5.92 Å². The smallest absolute Gasteiger partial charge is 0.254 e. The molecule has 6 nitrogen and oxygen atoms in total. The van der Waals surface area contributed by atoms with Crippen molar-refractivity contribution in [2.45, 2.75) is 12.3 Å². The summed E-state index contributed by atoms with van der Waals surface area (Å²) in [7, 11) is 0. The molecule has 0 spiro atoms. The first-order chi connectivity index (χ1) is 16.2. The summed E-state index contributed by atoms with van der Waals surface area (Å²) in [6.07, 6.45) is 0.734. The molecule has 3 aromatic carbocycles.